The number of benzene rings is 1. The van der Waals surface area contributed by atoms with E-state index in [9.17, 15) is 5.26 Å². The van der Waals surface area contributed by atoms with Crippen molar-refractivity contribution in [1.29, 1.82) is 5.26 Å². The van der Waals surface area contributed by atoms with E-state index in [1.54, 1.807) is 0 Å². The van der Waals surface area contributed by atoms with Crippen LogP contribution < -0.4 is 5.32 Å². The van der Waals surface area contributed by atoms with Gasteiger partial charge in [-0.2, -0.15) is 5.26 Å². The smallest absolute Gasteiger partial charge is 0.130 e. The van der Waals surface area contributed by atoms with Crippen LogP contribution in [-0.4, -0.2) is 18.2 Å². The molecule has 3 nitrogen and oxygen atoms in total. The summed E-state index contributed by atoms with van der Waals surface area (Å²) in [5.74, 6) is 0. The minimum absolute atomic E-state index is 0.222. The van der Waals surface area contributed by atoms with Gasteiger partial charge in [0.05, 0.1) is 12.2 Å². The molecule has 1 aromatic rings. The van der Waals surface area contributed by atoms with Gasteiger partial charge in [0, 0.05) is 29.6 Å². The molecule has 0 amide bonds. The van der Waals surface area contributed by atoms with Gasteiger partial charge in [-0.1, -0.05) is 22.0 Å². The Morgan fingerprint density at radius 2 is 2.35 bits per heavy atom. The lowest BCUT2D eigenvalue weighted by atomic mass is 9.75. The highest BCUT2D eigenvalue weighted by Gasteiger charge is 2.45. The predicted molar refractivity (Wildman–Crippen MR) is 70.8 cm³/mol. The number of anilines is 1. The topological polar surface area (TPSA) is 45.0 Å². The molecule has 1 fully saturated rings. The van der Waals surface area contributed by atoms with Crippen molar-refractivity contribution < 1.29 is 4.74 Å². The molecule has 0 aromatic heterocycles. The average molecular weight is 295 g/mol. The van der Waals surface area contributed by atoms with Crippen LogP contribution in [0.3, 0.4) is 0 Å². The molecule has 0 heterocycles. The zero-order valence-electron chi connectivity index (χ0n) is 9.74. The summed E-state index contributed by atoms with van der Waals surface area (Å²) in [4.78, 5) is 0. The van der Waals surface area contributed by atoms with E-state index < -0.39 is 5.54 Å². The standard InChI is InChI=1S/C13H15BrN2O/c1-2-17-12-7-13(8-12,9-15)16-11-5-3-4-10(14)6-11/h3-6,12,16H,2,7-8H2,1H3. The van der Waals surface area contributed by atoms with E-state index in [4.69, 9.17) is 4.74 Å². The number of rotatable bonds is 4. The fraction of sp³-hybridized carbons (Fsp3) is 0.462. The van der Waals surface area contributed by atoms with Gasteiger partial charge in [0.25, 0.3) is 0 Å². The summed E-state index contributed by atoms with van der Waals surface area (Å²) < 4.78 is 6.51. The van der Waals surface area contributed by atoms with Crippen molar-refractivity contribution in [3.8, 4) is 6.07 Å². The molecule has 0 spiro atoms. The summed E-state index contributed by atoms with van der Waals surface area (Å²) in [6.45, 7) is 2.69. The van der Waals surface area contributed by atoms with E-state index >= 15 is 0 Å². The summed E-state index contributed by atoms with van der Waals surface area (Å²) in [5, 5.41) is 12.6. The number of hydrogen-bond acceptors (Lipinski definition) is 3. The van der Waals surface area contributed by atoms with Crippen LogP contribution in [0.15, 0.2) is 28.7 Å². The number of nitrogens with one attached hydrogen (secondary N) is 1. The first-order valence-electron chi connectivity index (χ1n) is 5.74. The van der Waals surface area contributed by atoms with E-state index in [-0.39, 0.29) is 6.10 Å². The molecular formula is C13H15BrN2O. The SMILES string of the molecule is CCOC1CC(C#N)(Nc2cccc(Br)c2)C1. The molecule has 0 aliphatic heterocycles. The van der Waals surface area contributed by atoms with Gasteiger partial charge in [-0.05, 0) is 25.1 Å². The van der Waals surface area contributed by atoms with Gasteiger partial charge in [-0.15, -0.1) is 0 Å². The zero-order valence-corrected chi connectivity index (χ0v) is 11.3. The monoisotopic (exact) mass is 294 g/mol. The minimum atomic E-state index is -0.458. The van der Waals surface area contributed by atoms with Gasteiger partial charge in [0.1, 0.15) is 5.54 Å². The Morgan fingerprint density at radius 1 is 1.59 bits per heavy atom. The van der Waals surface area contributed by atoms with E-state index in [1.807, 2.05) is 31.2 Å². The Kier molecular flexibility index (Phi) is 3.70. The largest absolute Gasteiger partial charge is 0.378 e. The highest BCUT2D eigenvalue weighted by Crippen LogP contribution is 2.37. The Bertz CT molecular complexity index is 435. The Labute approximate surface area is 110 Å². The molecule has 90 valence electrons. The normalized spacial score (nSPS) is 27.0. The second kappa shape index (κ2) is 5.07. The molecule has 0 bridgehead atoms. The lowest BCUT2D eigenvalue weighted by Crippen LogP contribution is -2.53. The molecule has 2 rings (SSSR count). The number of halogens is 1. The van der Waals surface area contributed by atoms with E-state index in [0.29, 0.717) is 6.61 Å². The first kappa shape index (κ1) is 12.4. The number of nitriles is 1. The third-order valence-electron chi connectivity index (χ3n) is 2.98. The molecule has 0 atom stereocenters. The van der Waals surface area contributed by atoms with Crippen molar-refractivity contribution in [3.05, 3.63) is 28.7 Å². The maximum absolute atomic E-state index is 9.27. The molecule has 1 aromatic carbocycles. The molecule has 1 N–H and O–H groups in total. The lowest BCUT2D eigenvalue weighted by molar-refractivity contribution is -0.0141. The van der Waals surface area contributed by atoms with Gasteiger partial charge in [-0.25, -0.2) is 0 Å². The van der Waals surface area contributed by atoms with Crippen molar-refractivity contribution in [3.63, 3.8) is 0 Å². The maximum Gasteiger partial charge on any atom is 0.130 e. The zero-order chi connectivity index (χ0) is 12.3. The molecule has 1 aliphatic rings. The van der Waals surface area contributed by atoms with Crippen LogP contribution in [0.5, 0.6) is 0 Å². The molecule has 0 unspecified atom stereocenters. The highest BCUT2D eigenvalue weighted by molar-refractivity contribution is 9.10. The third kappa shape index (κ3) is 2.80. The Hall–Kier alpha value is -1.05. The fourth-order valence-corrected chi connectivity index (χ4v) is 2.53. The predicted octanol–water partition coefficient (Wildman–Crippen LogP) is 3.32. The maximum atomic E-state index is 9.27. The Morgan fingerprint density at radius 3 is 2.94 bits per heavy atom. The summed E-state index contributed by atoms with van der Waals surface area (Å²) in [6, 6.07) is 10.2. The van der Waals surface area contributed by atoms with Crippen LogP contribution >= 0.6 is 15.9 Å². The quantitative estimate of drug-likeness (QED) is 0.926. The third-order valence-corrected chi connectivity index (χ3v) is 3.47. The van der Waals surface area contributed by atoms with Crippen LogP contribution in [0.2, 0.25) is 0 Å². The van der Waals surface area contributed by atoms with Gasteiger partial charge in [-0.3, -0.25) is 0 Å². The summed E-state index contributed by atoms with van der Waals surface area (Å²) >= 11 is 3.42. The van der Waals surface area contributed by atoms with Crippen molar-refractivity contribution in [1.82, 2.24) is 0 Å². The van der Waals surface area contributed by atoms with E-state index in [2.05, 4.69) is 27.3 Å². The van der Waals surface area contributed by atoms with Crippen molar-refractivity contribution in [2.75, 3.05) is 11.9 Å². The van der Waals surface area contributed by atoms with E-state index in [1.165, 1.54) is 0 Å². The highest BCUT2D eigenvalue weighted by atomic mass is 79.9. The van der Waals surface area contributed by atoms with Crippen molar-refractivity contribution in [2.45, 2.75) is 31.4 Å². The summed E-state index contributed by atoms with van der Waals surface area (Å²) in [5.41, 5.74) is 0.511. The van der Waals surface area contributed by atoms with Crippen LogP contribution in [-0.2, 0) is 4.74 Å². The van der Waals surface area contributed by atoms with Crippen molar-refractivity contribution >= 4 is 21.6 Å². The molecule has 1 saturated carbocycles. The first-order valence-corrected chi connectivity index (χ1v) is 6.53. The van der Waals surface area contributed by atoms with Crippen molar-refractivity contribution in [2.24, 2.45) is 0 Å². The lowest BCUT2D eigenvalue weighted by Gasteiger charge is -2.43. The molecule has 4 heteroatoms. The van der Waals surface area contributed by atoms with E-state index in [0.717, 1.165) is 23.0 Å². The summed E-state index contributed by atoms with van der Waals surface area (Å²) in [7, 11) is 0. The molecular weight excluding hydrogens is 280 g/mol. The van der Waals surface area contributed by atoms with Crippen LogP contribution in [0.4, 0.5) is 5.69 Å². The minimum Gasteiger partial charge on any atom is -0.378 e. The fourth-order valence-electron chi connectivity index (χ4n) is 2.13. The molecule has 17 heavy (non-hydrogen) atoms. The second-order valence-electron chi connectivity index (χ2n) is 4.31. The van der Waals surface area contributed by atoms with Gasteiger partial charge < -0.3 is 10.1 Å². The number of hydrogen-bond donors (Lipinski definition) is 1. The number of nitrogens with zero attached hydrogens (tertiary/aromatic N) is 1. The average Bonchev–Trinajstić information content (AvgIpc) is 2.26. The van der Waals surface area contributed by atoms with Crippen LogP contribution in [0.1, 0.15) is 19.8 Å². The summed E-state index contributed by atoms with van der Waals surface area (Å²) in [6.07, 6.45) is 1.73. The van der Waals surface area contributed by atoms with Gasteiger partial charge in [0.15, 0.2) is 0 Å². The van der Waals surface area contributed by atoms with Crippen LogP contribution in [0, 0.1) is 11.3 Å². The Balaban J connectivity index is 2.01. The van der Waals surface area contributed by atoms with Gasteiger partial charge in [0.2, 0.25) is 0 Å². The van der Waals surface area contributed by atoms with Crippen LogP contribution in [0.25, 0.3) is 0 Å². The molecule has 0 radical (unpaired) electrons. The number of ether oxygens (including phenoxy) is 1. The molecule has 1 aliphatic carbocycles. The molecule has 0 saturated heterocycles. The van der Waals surface area contributed by atoms with Gasteiger partial charge >= 0.3 is 0 Å². The first-order chi connectivity index (χ1) is 8.17. The second-order valence-corrected chi connectivity index (χ2v) is 5.23.